The first kappa shape index (κ1) is 24.8. The van der Waals surface area contributed by atoms with Gasteiger partial charge in [-0.05, 0) is 53.5 Å². The van der Waals surface area contributed by atoms with Gasteiger partial charge in [0.1, 0.15) is 11.4 Å². The molecule has 1 spiro atoms. The van der Waals surface area contributed by atoms with Crippen molar-refractivity contribution in [2.24, 2.45) is 0 Å². The summed E-state index contributed by atoms with van der Waals surface area (Å²) in [4.78, 5) is 14.3. The zero-order valence-corrected chi connectivity index (χ0v) is 22.4. The van der Waals surface area contributed by atoms with Gasteiger partial charge in [-0.1, -0.05) is 30.3 Å². The molecule has 0 aromatic heterocycles. The van der Waals surface area contributed by atoms with Crippen molar-refractivity contribution in [1.29, 1.82) is 0 Å². The van der Waals surface area contributed by atoms with Crippen LogP contribution in [-0.2, 0) is 26.7 Å². The summed E-state index contributed by atoms with van der Waals surface area (Å²) in [6.07, 6.45) is 5.13. The number of likely N-dealkylation sites (tertiary alicyclic amines) is 1. The zero-order valence-electron chi connectivity index (χ0n) is 20.6. The Balaban J connectivity index is 1.38. The molecule has 1 saturated heterocycles. The summed E-state index contributed by atoms with van der Waals surface area (Å²) in [5, 5.41) is 0. The van der Waals surface area contributed by atoms with Crippen molar-refractivity contribution >= 4 is 24.0 Å². The molecule has 34 heavy (non-hydrogen) atoms. The van der Waals surface area contributed by atoms with Crippen LogP contribution in [0.5, 0.6) is 5.75 Å². The highest BCUT2D eigenvalue weighted by Gasteiger charge is 2.40. The van der Waals surface area contributed by atoms with Crippen molar-refractivity contribution in [2.75, 3.05) is 25.6 Å². The number of sulfone groups is 1. The van der Waals surface area contributed by atoms with Crippen LogP contribution in [0.3, 0.4) is 0 Å². The number of carbonyl (C=O) groups excluding carboxylic acids is 1. The average molecular weight is 502 g/mol. The molecule has 8 heteroatoms. The van der Waals surface area contributed by atoms with Crippen LogP contribution in [0.2, 0.25) is 19.6 Å². The third-order valence-electron chi connectivity index (χ3n) is 6.51. The molecule has 6 nitrogen and oxygen atoms in total. The fourth-order valence-electron chi connectivity index (χ4n) is 4.62. The predicted octanol–water partition coefficient (Wildman–Crippen LogP) is 5.07. The number of rotatable bonds is 5. The quantitative estimate of drug-likeness (QED) is 0.535. The molecule has 2 aromatic rings. The topological polar surface area (TPSA) is 72.9 Å². The van der Waals surface area contributed by atoms with Crippen molar-refractivity contribution in [3.8, 4) is 16.9 Å². The molecule has 4 rings (SSSR count). The Kier molecular flexibility index (Phi) is 6.84. The number of carbonyl (C=O) groups is 1. The van der Waals surface area contributed by atoms with Gasteiger partial charge in [-0.15, -0.1) is 8.07 Å². The minimum absolute atomic E-state index is 0.0564. The van der Waals surface area contributed by atoms with Gasteiger partial charge in [0.2, 0.25) is 0 Å². The van der Waals surface area contributed by atoms with Gasteiger partial charge in [-0.2, -0.15) is 19.6 Å². The van der Waals surface area contributed by atoms with E-state index in [9.17, 15) is 13.2 Å². The van der Waals surface area contributed by atoms with Gasteiger partial charge in [-0.3, -0.25) is 0 Å². The fourth-order valence-corrected chi connectivity index (χ4v) is 5.97. The van der Waals surface area contributed by atoms with E-state index in [4.69, 9.17) is 9.47 Å². The lowest BCUT2D eigenvalue weighted by Crippen LogP contribution is -2.51. The van der Waals surface area contributed by atoms with E-state index < -0.39 is 17.9 Å². The Hall–Kier alpha value is -2.32. The van der Waals surface area contributed by atoms with E-state index in [-0.39, 0.29) is 17.4 Å². The number of hydrogen-bond donors (Lipinski definition) is 0. The van der Waals surface area contributed by atoms with Crippen LogP contribution in [0, 0.1) is 0 Å². The number of benzene rings is 2. The molecule has 0 saturated carbocycles. The third-order valence-corrected chi connectivity index (χ3v) is 8.38. The standard InChI is InChI=1S/C26H35NO5SSi/c1-33(29,30)18-20-5-7-21(8-6-20)22-9-10-24-23(17-22)11-12-26(32-24)13-15-27(16-14-26)25(28)31-19-34(2,3)4/h5-10,17H,11-16,18-19H2,1-4H3/q-1. The molecule has 0 atom stereocenters. The van der Waals surface area contributed by atoms with Gasteiger partial charge in [0.25, 0.3) is 0 Å². The lowest BCUT2D eigenvalue weighted by atomic mass is 9.82. The number of aryl methyl sites for hydroxylation is 1. The van der Waals surface area contributed by atoms with Gasteiger partial charge in [0.15, 0.2) is 9.84 Å². The maximum Gasteiger partial charge on any atom is 0.406 e. The predicted molar refractivity (Wildman–Crippen MR) is 138 cm³/mol. The maximum absolute atomic E-state index is 12.4. The summed E-state index contributed by atoms with van der Waals surface area (Å²) in [6, 6.07) is 14.0. The lowest BCUT2D eigenvalue weighted by molar-refractivity contribution is -0.0130. The van der Waals surface area contributed by atoms with Crippen molar-refractivity contribution in [1.82, 2.24) is 4.90 Å². The highest BCUT2D eigenvalue weighted by molar-refractivity contribution is 7.89. The van der Waals surface area contributed by atoms with Crippen molar-refractivity contribution in [2.45, 2.75) is 56.7 Å². The Bertz CT molecular complexity index is 1150. The van der Waals surface area contributed by atoms with E-state index in [2.05, 4.69) is 31.8 Å². The van der Waals surface area contributed by atoms with E-state index in [1.54, 1.807) is 0 Å². The van der Waals surface area contributed by atoms with Crippen LogP contribution in [0.4, 0.5) is 4.79 Å². The maximum atomic E-state index is 12.4. The third kappa shape index (κ3) is 6.21. The molecule has 0 aliphatic carbocycles. The smallest absolute Gasteiger partial charge is 0.406 e. The van der Waals surface area contributed by atoms with Crippen LogP contribution >= 0.6 is 0 Å². The van der Waals surface area contributed by atoms with Gasteiger partial charge < -0.3 is 14.4 Å². The normalized spacial score (nSPS) is 17.7. The molecule has 0 N–H and O–H groups in total. The summed E-state index contributed by atoms with van der Waals surface area (Å²) < 4.78 is 35.1. The average Bonchev–Trinajstić information content (AvgIpc) is 2.77. The van der Waals surface area contributed by atoms with E-state index in [1.165, 1.54) is 11.8 Å². The Labute approximate surface area is 204 Å². The zero-order chi connectivity index (χ0) is 24.6. The van der Waals surface area contributed by atoms with Gasteiger partial charge in [-0.25, -0.2) is 13.2 Å². The first-order valence-electron chi connectivity index (χ1n) is 11.9. The number of fused-ring (bicyclic) bond motifs is 1. The molecule has 2 heterocycles. The SMILES string of the molecule is C[Si-](C)(C)COC(=O)N1CCC2(CCc3cc(-c4ccc(CS(C)(=O)=O)cc4)ccc3O2)CC1. The second-order valence-electron chi connectivity index (χ2n) is 11.0. The van der Waals surface area contributed by atoms with Gasteiger partial charge in [0.05, 0.1) is 5.75 Å². The molecule has 1 amide bonds. The number of amides is 1. The summed E-state index contributed by atoms with van der Waals surface area (Å²) in [5.74, 6) is 0.986. The largest absolute Gasteiger partial charge is 0.487 e. The molecule has 2 aromatic carbocycles. The highest BCUT2D eigenvalue weighted by Crippen LogP contribution is 2.41. The number of ether oxygens (including phenoxy) is 2. The summed E-state index contributed by atoms with van der Waals surface area (Å²) in [6.45, 7) is 7.91. The first-order chi connectivity index (χ1) is 15.9. The Morgan fingerprint density at radius 2 is 1.68 bits per heavy atom. The van der Waals surface area contributed by atoms with Crippen LogP contribution in [0.1, 0.15) is 30.4 Å². The second-order valence-corrected chi connectivity index (χ2v) is 18.5. The van der Waals surface area contributed by atoms with Crippen LogP contribution < -0.4 is 4.74 Å². The van der Waals surface area contributed by atoms with Crippen molar-refractivity contribution in [3.63, 3.8) is 0 Å². The van der Waals surface area contributed by atoms with E-state index in [0.717, 1.165) is 48.1 Å². The Morgan fingerprint density at radius 1 is 1.03 bits per heavy atom. The van der Waals surface area contributed by atoms with Crippen LogP contribution in [0.25, 0.3) is 11.1 Å². The van der Waals surface area contributed by atoms with E-state index >= 15 is 0 Å². The molecule has 0 unspecified atom stereocenters. The number of nitrogens with zero attached hydrogens (tertiary/aromatic N) is 1. The summed E-state index contributed by atoms with van der Waals surface area (Å²) in [7, 11) is -4.46. The molecular weight excluding hydrogens is 466 g/mol. The molecule has 2 aliphatic heterocycles. The highest BCUT2D eigenvalue weighted by atomic mass is 32.2. The van der Waals surface area contributed by atoms with Crippen LogP contribution in [-0.4, -0.2) is 58.7 Å². The monoisotopic (exact) mass is 501 g/mol. The molecule has 185 valence electrons. The minimum Gasteiger partial charge on any atom is -0.487 e. The molecule has 0 radical (unpaired) electrons. The molecule has 0 bridgehead atoms. The fraction of sp³-hybridized carbons (Fsp3) is 0.500. The first-order valence-corrected chi connectivity index (χ1v) is 17.7. The molecule has 1 fully saturated rings. The minimum atomic E-state index is -3.04. The summed E-state index contributed by atoms with van der Waals surface area (Å²) in [5.41, 5.74) is 3.94. The summed E-state index contributed by atoms with van der Waals surface area (Å²) >= 11 is 0. The van der Waals surface area contributed by atoms with Gasteiger partial charge >= 0.3 is 6.09 Å². The van der Waals surface area contributed by atoms with E-state index in [1.807, 2.05) is 35.2 Å². The van der Waals surface area contributed by atoms with Crippen molar-refractivity contribution < 1.29 is 22.7 Å². The van der Waals surface area contributed by atoms with Gasteiger partial charge in [0, 0.05) is 32.2 Å². The molecule has 2 aliphatic rings. The number of hydrogen-bond acceptors (Lipinski definition) is 5. The van der Waals surface area contributed by atoms with E-state index in [0.29, 0.717) is 19.3 Å². The number of piperidine rings is 1. The van der Waals surface area contributed by atoms with Crippen molar-refractivity contribution in [3.05, 3.63) is 53.6 Å². The molecular formula is C26H35NO5SSi-. The lowest BCUT2D eigenvalue weighted by Gasteiger charge is -2.44. The van der Waals surface area contributed by atoms with Crippen LogP contribution in [0.15, 0.2) is 42.5 Å². The second kappa shape index (κ2) is 9.38. The Morgan fingerprint density at radius 3 is 2.29 bits per heavy atom.